The van der Waals surface area contributed by atoms with Crippen molar-refractivity contribution in [1.29, 1.82) is 0 Å². The summed E-state index contributed by atoms with van der Waals surface area (Å²) in [5.41, 5.74) is -0.826. The number of aliphatic hydroxyl groups is 7. The Morgan fingerprint density at radius 1 is 0.714 bits per heavy atom. The summed E-state index contributed by atoms with van der Waals surface area (Å²) < 4.78 is 35.5. The normalized spacial score (nSPS) is 57.9. The number of aliphatic hydroxyl groups excluding tert-OH is 7. The molecule has 42 heavy (non-hydrogen) atoms. The van der Waals surface area contributed by atoms with Gasteiger partial charge >= 0.3 is 0 Å². The van der Waals surface area contributed by atoms with Crippen LogP contribution in [0.5, 0.6) is 0 Å². The molecular weight excluding hydrogens is 564 g/mol. The molecule has 1 aliphatic carbocycles. The third kappa shape index (κ3) is 4.94. The predicted molar refractivity (Wildman–Crippen MR) is 134 cm³/mol. The first-order valence-electron chi connectivity index (χ1n) is 14.9. The predicted octanol–water partition coefficient (Wildman–Crippen LogP) is -2.16. The molecule has 7 rings (SSSR count). The Balaban J connectivity index is 1.19. The number of rotatable bonds is 6. The lowest BCUT2D eigenvalue weighted by Crippen LogP contribution is -2.71. The van der Waals surface area contributed by atoms with Gasteiger partial charge in [0, 0.05) is 18.3 Å². The number of hydrogen-bond acceptors (Lipinski definition) is 15. The molecule has 2 bridgehead atoms. The van der Waals surface area contributed by atoms with Crippen molar-refractivity contribution in [2.45, 2.75) is 132 Å². The van der Waals surface area contributed by atoms with Crippen molar-refractivity contribution in [2.24, 2.45) is 23.7 Å². The van der Waals surface area contributed by atoms with E-state index in [-0.39, 0.29) is 17.8 Å². The van der Waals surface area contributed by atoms with Crippen molar-refractivity contribution in [3.8, 4) is 0 Å². The highest BCUT2D eigenvalue weighted by Gasteiger charge is 2.70. The highest BCUT2D eigenvalue weighted by Crippen LogP contribution is 2.60. The first-order valence-corrected chi connectivity index (χ1v) is 14.9. The monoisotopic (exact) mass is 608 g/mol. The fourth-order valence-corrected chi connectivity index (χ4v) is 7.91. The van der Waals surface area contributed by atoms with Crippen LogP contribution in [0.4, 0.5) is 0 Å². The van der Waals surface area contributed by atoms with Gasteiger partial charge in [0.1, 0.15) is 48.8 Å². The van der Waals surface area contributed by atoms with Crippen molar-refractivity contribution in [2.75, 3.05) is 13.2 Å². The fourth-order valence-electron chi connectivity index (χ4n) is 7.91. The molecule has 6 heterocycles. The molecule has 0 aromatic carbocycles. The first-order chi connectivity index (χ1) is 19.9. The van der Waals surface area contributed by atoms with Gasteiger partial charge in [-0.15, -0.1) is 0 Å². The third-order valence-corrected chi connectivity index (χ3v) is 10.3. The van der Waals surface area contributed by atoms with Crippen LogP contribution in [0.1, 0.15) is 46.5 Å². The summed E-state index contributed by atoms with van der Waals surface area (Å²) in [5.74, 6) is -0.800. The van der Waals surface area contributed by atoms with Crippen LogP contribution in [0.2, 0.25) is 0 Å². The van der Waals surface area contributed by atoms with Crippen LogP contribution in [0.25, 0.3) is 0 Å². The SMILES string of the molecule is C[C@H]1[C@@H](O[C@@H]2[C@H](O)[C@@H](O)[C@@H](O[C@H]3[C@H](O)[C@@H](O)C(O)O[C@@H]3CO)O[C@@H]2CO)O[C@@H]2O[C@@]3(C)CC[C@H]4[C@H](C)CC[C@@H]1[C@@]24OO3. The van der Waals surface area contributed by atoms with Gasteiger partial charge in [0.05, 0.1) is 13.2 Å². The van der Waals surface area contributed by atoms with Crippen LogP contribution in [0, 0.1) is 23.7 Å². The molecule has 15 heteroatoms. The van der Waals surface area contributed by atoms with E-state index in [2.05, 4.69) is 6.92 Å². The second kappa shape index (κ2) is 11.6. The summed E-state index contributed by atoms with van der Waals surface area (Å²) in [6, 6.07) is 0. The van der Waals surface area contributed by atoms with Crippen LogP contribution < -0.4 is 0 Å². The molecule has 6 aliphatic heterocycles. The Kier molecular flexibility index (Phi) is 8.70. The van der Waals surface area contributed by atoms with E-state index in [4.69, 9.17) is 38.2 Å². The molecule has 0 radical (unpaired) electrons. The summed E-state index contributed by atoms with van der Waals surface area (Å²) in [6.45, 7) is 4.64. The topological polar surface area (TPSA) is 215 Å². The molecule has 0 amide bonds. The highest BCUT2D eigenvalue weighted by molar-refractivity contribution is 5.09. The molecule has 1 saturated carbocycles. The van der Waals surface area contributed by atoms with E-state index in [0.29, 0.717) is 12.3 Å². The number of ether oxygens (including phenoxy) is 6. The Hall–Kier alpha value is -0.600. The standard InChI is InChI=1S/C27H44O15/c1-10-4-5-13-11(2)23(39-25-27(13)12(10)6-7-26(3,40-25)41-42-27)37-21-15(9-29)36-24(19(33)17(21)31)38-20-14(8-28)35-22(34)18(32)16(20)30/h10-25,28-34H,4-9H2,1-3H3/t10-,11-,12+,13+,14-,15-,16-,17-,18-,19-,20-,21+,22?,23+,24-,25-,26-,27-/m1/s1. The minimum atomic E-state index is -1.77. The van der Waals surface area contributed by atoms with Gasteiger partial charge in [-0.25, -0.2) is 9.78 Å². The van der Waals surface area contributed by atoms with Gasteiger partial charge in [-0.3, -0.25) is 0 Å². The largest absolute Gasteiger partial charge is 0.394 e. The third-order valence-electron chi connectivity index (χ3n) is 10.3. The van der Waals surface area contributed by atoms with Crippen molar-refractivity contribution in [3.05, 3.63) is 0 Å². The van der Waals surface area contributed by atoms with Gasteiger partial charge < -0.3 is 64.2 Å². The Morgan fingerprint density at radius 3 is 2.05 bits per heavy atom. The van der Waals surface area contributed by atoms with Gasteiger partial charge in [0.2, 0.25) is 5.79 Å². The summed E-state index contributed by atoms with van der Waals surface area (Å²) in [7, 11) is 0. The van der Waals surface area contributed by atoms with Gasteiger partial charge in [-0.2, -0.15) is 0 Å². The summed E-state index contributed by atoms with van der Waals surface area (Å²) in [6.07, 6.45) is -13.9. The molecule has 15 nitrogen and oxygen atoms in total. The zero-order chi connectivity index (χ0) is 30.1. The lowest BCUT2D eigenvalue weighted by molar-refractivity contribution is -0.578. The molecule has 0 aromatic rings. The van der Waals surface area contributed by atoms with E-state index in [1.807, 2.05) is 6.92 Å². The molecular formula is C27H44O15. The van der Waals surface area contributed by atoms with Crippen molar-refractivity contribution in [3.63, 3.8) is 0 Å². The fraction of sp³-hybridized carbons (Fsp3) is 1.00. The molecule has 0 aromatic heterocycles. The maximum Gasteiger partial charge on any atom is 0.201 e. The Bertz CT molecular complexity index is 954. The summed E-state index contributed by atoms with van der Waals surface area (Å²) in [4.78, 5) is 12.0. The molecule has 1 unspecified atom stereocenters. The molecule has 7 N–H and O–H groups in total. The molecule has 6 saturated heterocycles. The maximum absolute atomic E-state index is 11.2. The minimum Gasteiger partial charge on any atom is -0.394 e. The van der Waals surface area contributed by atoms with Crippen molar-refractivity contribution in [1.82, 2.24) is 0 Å². The molecule has 7 fully saturated rings. The van der Waals surface area contributed by atoms with Crippen LogP contribution in [-0.4, -0.2) is 134 Å². The quantitative estimate of drug-likeness (QED) is 0.160. The molecule has 7 aliphatic rings. The van der Waals surface area contributed by atoms with Crippen LogP contribution in [-0.2, 0) is 38.2 Å². The van der Waals surface area contributed by atoms with Crippen molar-refractivity contribution >= 4 is 0 Å². The zero-order valence-corrected chi connectivity index (χ0v) is 23.9. The van der Waals surface area contributed by atoms with E-state index in [1.54, 1.807) is 6.92 Å². The molecule has 1 spiro atoms. The molecule has 18 atom stereocenters. The molecule has 242 valence electrons. The lowest BCUT2D eigenvalue weighted by Gasteiger charge is -2.60. The van der Waals surface area contributed by atoms with E-state index in [0.717, 1.165) is 19.3 Å². The van der Waals surface area contributed by atoms with Crippen molar-refractivity contribution < 1.29 is 73.9 Å². The van der Waals surface area contributed by atoms with Gasteiger partial charge in [-0.1, -0.05) is 13.8 Å². The second-order valence-electron chi connectivity index (χ2n) is 12.9. The van der Waals surface area contributed by atoms with Crippen LogP contribution in [0.15, 0.2) is 0 Å². The summed E-state index contributed by atoms with van der Waals surface area (Å²) >= 11 is 0. The maximum atomic E-state index is 11.2. The smallest absolute Gasteiger partial charge is 0.201 e. The second-order valence-corrected chi connectivity index (χ2v) is 12.9. The van der Waals surface area contributed by atoms with Gasteiger partial charge in [0.25, 0.3) is 0 Å². The average molecular weight is 609 g/mol. The Labute approximate surface area is 243 Å². The van der Waals surface area contributed by atoms with Crippen LogP contribution in [0.3, 0.4) is 0 Å². The van der Waals surface area contributed by atoms with E-state index in [1.165, 1.54) is 0 Å². The summed E-state index contributed by atoms with van der Waals surface area (Å²) in [5, 5.41) is 72.2. The van der Waals surface area contributed by atoms with Gasteiger partial charge in [0.15, 0.2) is 30.8 Å². The minimum absolute atomic E-state index is 0.0645. The number of fused-ring (bicyclic) bond motifs is 2. The average Bonchev–Trinajstić information content (AvgIpc) is 3.20. The van der Waals surface area contributed by atoms with E-state index >= 15 is 0 Å². The zero-order valence-electron chi connectivity index (χ0n) is 23.9. The van der Waals surface area contributed by atoms with Crippen LogP contribution >= 0.6 is 0 Å². The Morgan fingerprint density at radius 2 is 1.36 bits per heavy atom. The highest BCUT2D eigenvalue weighted by atomic mass is 17.3. The first kappa shape index (κ1) is 31.4. The number of hydrogen-bond donors (Lipinski definition) is 7. The van der Waals surface area contributed by atoms with E-state index in [9.17, 15) is 35.7 Å². The lowest BCUT2D eigenvalue weighted by atomic mass is 9.58. The van der Waals surface area contributed by atoms with E-state index < -0.39 is 98.6 Å². The van der Waals surface area contributed by atoms with Gasteiger partial charge in [-0.05, 0) is 38.0 Å².